The molecule has 1 aliphatic rings. The summed E-state index contributed by atoms with van der Waals surface area (Å²) in [6, 6.07) is 8.73. The minimum atomic E-state index is 0.361. The zero-order chi connectivity index (χ0) is 12.1. The zero-order valence-corrected chi connectivity index (χ0v) is 10.5. The molecule has 1 atom stereocenters. The SMILES string of the molecule is Cc1ccccc1NC(CN)C1CCOCC1. The number of aryl methyl sites for hydroxylation is 1. The highest BCUT2D eigenvalue weighted by Crippen LogP contribution is 2.23. The number of para-hydroxylation sites is 1. The molecule has 3 nitrogen and oxygen atoms in total. The summed E-state index contributed by atoms with van der Waals surface area (Å²) in [6.45, 7) is 4.55. The molecule has 2 rings (SSSR count). The van der Waals surface area contributed by atoms with Crippen LogP contribution >= 0.6 is 0 Å². The van der Waals surface area contributed by atoms with E-state index in [4.69, 9.17) is 10.5 Å². The van der Waals surface area contributed by atoms with Crippen LogP contribution in [0.1, 0.15) is 18.4 Å². The Bertz CT molecular complexity index is 348. The number of benzene rings is 1. The van der Waals surface area contributed by atoms with Crippen molar-refractivity contribution in [3.8, 4) is 0 Å². The van der Waals surface area contributed by atoms with E-state index < -0.39 is 0 Å². The zero-order valence-electron chi connectivity index (χ0n) is 10.5. The lowest BCUT2D eigenvalue weighted by Crippen LogP contribution is -2.39. The van der Waals surface area contributed by atoms with E-state index in [9.17, 15) is 0 Å². The maximum Gasteiger partial charge on any atom is 0.0469 e. The van der Waals surface area contributed by atoms with E-state index in [1.165, 1.54) is 11.3 Å². The number of rotatable bonds is 4. The maximum atomic E-state index is 5.90. The molecule has 1 aromatic carbocycles. The molecule has 3 N–H and O–H groups in total. The van der Waals surface area contributed by atoms with Crippen molar-refractivity contribution in [2.24, 2.45) is 11.7 Å². The Balaban J connectivity index is 2.01. The van der Waals surface area contributed by atoms with E-state index in [1.807, 2.05) is 0 Å². The van der Waals surface area contributed by atoms with Crippen LogP contribution in [0.4, 0.5) is 5.69 Å². The van der Waals surface area contributed by atoms with Crippen LogP contribution in [-0.4, -0.2) is 25.8 Å². The summed E-state index contributed by atoms with van der Waals surface area (Å²) in [5.41, 5.74) is 8.38. The van der Waals surface area contributed by atoms with Gasteiger partial charge in [-0.15, -0.1) is 0 Å². The Labute approximate surface area is 103 Å². The molecular formula is C14H22N2O. The molecule has 1 aliphatic heterocycles. The minimum absolute atomic E-state index is 0.361. The van der Waals surface area contributed by atoms with Gasteiger partial charge in [0.2, 0.25) is 0 Å². The van der Waals surface area contributed by atoms with Crippen molar-refractivity contribution in [3.05, 3.63) is 29.8 Å². The highest BCUT2D eigenvalue weighted by molar-refractivity contribution is 5.51. The molecule has 17 heavy (non-hydrogen) atoms. The third-order valence-corrected chi connectivity index (χ3v) is 3.57. The normalized spacial score (nSPS) is 18.9. The summed E-state index contributed by atoms with van der Waals surface area (Å²) in [5, 5.41) is 3.59. The fourth-order valence-corrected chi connectivity index (χ4v) is 2.42. The number of anilines is 1. The van der Waals surface area contributed by atoms with Gasteiger partial charge in [0.1, 0.15) is 0 Å². The van der Waals surface area contributed by atoms with E-state index in [-0.39, 0.29) is 0 Å². The van der Waals surface area contributed by atoms with E-state index in [0.29, 0.717) is 18.5 Å². The molecule has 3 heteroatoms. The predicted molar refractivity (Wildman–Crippen MR) is 71.2 cm³/mol. The second-order valence-corrected chi connectivity index (χ2v) is 4.75. The summed E-state index contributed by atoms with van der Waals surface area (Å²) >= 11 is 0. The largest absolute Gasteiger partial charge is 0.381 e. The molecule has 0 saturated carbocycles. The molecule has 1 saturated heterocycles. The van der Waals surface area contributed by atoms with Gasteiger partial charge in [-0.1, -0.05) is 18.2 Å². The Morgan fingerprint density at radius 1 is 1.35 bits per heavy atom. The van der Waals surface area contributed by atoms with Gasteiger partial charge in [0.15, 0.2) is 0 Å². The number of hydrogen-bond acceptors (Lipinski definition) is 3. The molecule has 1 aromatic rings. The molecule has 0 aliphatic carbocycles. The number of hydrogen-bond donors (Lipinski definition) is 2. The van der Waals surface area contributed by atoms with Crippen molar-refractivity contribution in [1.29, 1.82) is 0 Å². The molecule has 94 valence electrons. The third-order valence-electron chi connectivity index (χ3n) is 3.57. The number of ether oxygens (including phenoxy) is 1. The van der Waals surface area contributed by atoms with Crippen molar-refractivity contribution in [3.63, 3.8) is 0 Å². The van der Waals surface area contributed by atoms with Gasteiger partial charge in [-0.3, -0.25) is 0 Å². The van der Waals surface area contributed by atoms with E-state index in [2.05, 4.69) is 36.5 Å². The monoisotopic (exact) mass is 234 g/mol. The van der Waals surface area contributed by atoms with Crippen LogP contribution in [0.15, 0.2) is 24.3 Å². The summed E-state index contributed by atoms with van der Waals surface area (Å²) in [4.78, 5) is 0. The topological polar surface area (TPSA) is 47.3 Å². The summed E-state index contributed by atoms with van der Waals surface area (Å²) in [7, 11) is 0. The highest BCUT2D eigenvalue weighted by Gasteiger charge is 2.22. The maximum absolute atomic E-state index is 5.90. The van der Waals surface area contributed by atoms with Crippen LogP contribution in [0.3, 0.4) is 0 Å². The standard InChI is InChI=1S/C14H22N2O/c1-11-4-2-3-5-13(11)16-14(10-15)12-6-8-17-9-7-12/h2-5,12,14,16H,6-10,15H2,1H3. The molecule has 1 unspecified atom stereocenters. The molecule has 0 amide bonds. The first kappa shape index (κ1) is 12.4. The van der Waals surface area contributed by atoms with Crippen LogP contribution in [0.5, 0.6) is 0 Å². The van der Waals surface area contributed by atoms with E-state index >= 15 is 0 Å². The second-order valence-electron chi connectivity index (χ2n) is 4.75. The van der Waals surface area contributed by atoms with Gasteiger partial charge in [-0.05, 0) is 37.3 Å². The first-order chi connectivity index (χ1) is 8.31. The van der Waals surface area contributed by atoms with Gasteiger partial charge in [0, 0.05) is 31.5 Å². The fraction of sp³-hybridized carbons (Fsp3) is 0.571. The molecule has 0 spiro atoms. The lowest BCUT2D eigenvalue weighted by atomic mass is 9.91. The molecule has 0 aromatic heterocycles. The van der Waals surface area contributed by atoms with Crippen molar-refractivity contribution in [1.82, 2.24) is 0 Å². The van der Waals surface area contributed by atoms with Crippen LogP contribution in [0, 0.1) is 12.8 Å². The average molecular weight is 234 g/mol. The molecular weight excluding hydrogens is 212 g/mol. The number of nitrogens with one attached hydrogen (secondary N) is 1. The summed E-state index contributed by atoms with van der Waals surface area (Å²) in [5.74, 6) is 0.633. The van der Waals surface area contributed by atoms with Gasteiger partial charge in [0.05, 0.1) is 0 Å². The summed E-state index contributed by atoms with van der Waals surface area (Å²) in [6.07, 6.45) is 2.22. The van der Waals surface area contributed by atoms with Gasteiger partial charge < -0.3 is 15.8 Å². The quantitative estimate of drug-likeness (QED) is 0.839. The third kappa shape index (κ3) is 3.20. The number of nitrogens with two attached hydrogens (primary N) is 1. The van der Waals surface area contributed by atoms with E-state index in [1.54, 1.807) is 0 Å². The van der Waals surface area contributed by atoms with Gasteiger partial charge in [-0.2, -0.15) is 0 Å². The highest BCUT2D eigenvalue weighted by atomic mass is 16.5. The fourth-order valence-electron chi connectivity index (χ4n) is 2.42. The Morgan fingerprint density at radius 3 is 2.71 bits per heavy atom. The van der Waals surface area contributed by atoms with Crippen LogP contribution in [0.25, 0.3) is 0 Å². The van der Waals surface area contributed by atoms with Gasteiger partial charge >= 0.3 is 0 Å². The lowest BCUT2D eigenvalue weighted by Gasteiger charge is -2.31. The van der Waals surface area contributed by atoms with Crippen molar-refractivity contribution < 1.29 is 4.74 Å². The van der Waals surface area contributed by atoms with E-state index in [0.717, 1.165) is 26.1 Å². The molecule has 1 heterocycles. The molecule has 0 bridgehead atoms. The van der Waals surface area contributed by atoms with Gasteiger partial charge in [0.25, 0.3) is 0 Å². The van der Waals surface area contributed by atoms with Crippen molar-refractivity contribution in [2.75, 3.05) is 25.1 Å². The predicted octanol–water partition coefficient (Wildman–Crippen LogP) is 2.16. The molecule has 1 fully saturated rings. The Kier molecular flexibility index (Phi) is 4.40. The average Bonchev–Trinajstić information content (AvgIpc) is 2.39. The second kappa shape index (κ2) is 6.03. The molecule has 0 radical (unpaired) electrons. The summed E-state index contributed by atoms with van der Waals surface area (Å²) < 4.78 is 5.40. The van der Waals surface area contributed by atoms with Crippen molar-refractivity contribution in [2.45, 2.75) is 25.8 Å². The lowest BCUT2D eigenvalue weighted by molar-refractivity contribution is 0.0613. The first-order valence-corrected chi connectivity index (χ1v) is 6.41. The smallest absolute Gasteiger partial charge is 0.0469 e. The Morgan fingerprint density at radius 2 is 2.06 bits per heavy atom. The van der Waals surface area contributed by atoms with Crippen LogP contribution in [0.2, 0.25) is 0 Å². The Hall–Kier alpha value is -1.06. The van der Waals surface area contributed by atoms with Crippen LogP contribution in [-0.2, 0) is 4.74 Å². The van der Waals surface area contributed by atoms with Gasteiger partial charge in [-0.25, -0.2) is 0 Å². The minimum Gasteiger partial charge on any atom is -0.381 e. The van der Waals surface area contributed by atoms with Crippen LogP contribution < -0.4 is 11.1 Å². The first-order valence-electron chi connectivity index (χ1n) is 6.41. The van der Waals surface area contributed by atoms with Crippen molar-refractivity contribution >= 4 is 5.69 Å².